The molecule has 1 aliphatic carbocycles. The van der Waals surface area contributed by atoms with Crippen molar-refractivity contribution in [3.63, 3.8) is 0 Å². The zero-order valence-electron chi connectivity index (χ0n) is 13.2. The second-order valence-corrected chi connectivity index (χ2v) is 9.59. The van der Waals surface area contributed by atoms with Crippen LogP contribution in [0.2, 0.25) is 0 Å². The van der Waals surface area contributed by atoms with Crippen LogP contribution in [-0.2, 0) is 14.8 Å². The summed E-state index contributed by atoms with van der Waals surface area (Å²) in [5.41, 5.74) is 0. The number of amides is 1. The van der Waals surface area contributed by atoms with Crippen molar-refractivity contribution < 1.29 is 13.2 Å². The smallest absolute Gasteiger partial charge is 0.252 e. The highest BCUT2D eigenvalue weighted by Gasteiger charge is 2.32. The van der Waals surface area contributed by atoms with E-state index in [-0.39, 0.29) is 17.9 Å². The van der Waals surface area contributed by atoms with Crippen LogP contribution < -0.4 is 5.32 Å². The van der Waals surface area contributed by atoms with Gasteiger partial charge in [-0.05, 0) is 37.1 Å². The molecule has 1 aliphatic heterocycles. The molecule has 2 heterocycles. The van der Waals surface area contributed by atoms with Gasteiger partial charge in [0, 0.05) is 25.0 Å². The average Bonchev–Trinajstić information content (AvgIpc) is 3.11. The summed E-state index contributed by atoms with van der Waals surface area (Å²) >= 11 is 1.24. The van der Waals surface area contributed by atoms with Crippen molar-refractivity contribution in [1.29, 1.82) is 0 Å². The lowest BCUT2D eigenvalue weighted by Crippen LogP contribution is -2.50. The fraction of sp³-hybridized carbons (Fsp3) is 0.688. The van der Waals surface area contributed by atoms with Gasteiger partial charge in [0.15, 0.2) is 0 Å². The predicted octanol–water partition coefficient (Wildman–Crippen LogP) is 2.60. The van der Waals surface area contributed by atoms with Crippen molar-refractivity contribution >= 4 is 27.3 Å². The highest BCUT2D eigenvalue weighted by Crippen LogP contribution is 2.26. The maximum atomic E-state index is 12.6. The molecule has 0 radical (unpaired) electrons. The van der Waals surface area contributed by atoms with Crippen molar-refractivity contribution in [3.8, 4) is 0 Å². The van der Waals surface area contributed by atoms with Gasteiger partial charge < -0.3 is 5.32 Å². The van der Waals surface area contributed by atoms with Gasteiger partial charge in [-0.15, -0.1) is 11.3 Å². The van der Waals surface area contributed by atoms with E-state index in [9.17, 15) is 13.2 Å². The summed E-state index contributed by atoms with van der Waals surface area (Å²) in [6.07, 6.45) is 7.06. The Morgan fingerprint density at radius 2 is 1.96 bits per heavy atom. The van der Waals surface area contributed by atoms with E-state index in [4.69, 9.17) is 0 Å². The molecule has 0 bridgehead atoms. The Bertz CT molecular complexity index is 622. The minimum Gasteiger partial charge on any atom is -0.352 e. The van der Waals surface area contributed by atoms with Crippen LogP contribution in [0.1, 0.15) is 44.9 Å². The quantitative estimate of drug-likeness (QED) is 0.902. The molecule has 128 valence electrons. The lowest BCUT2D eigenvalue weighted by Gasteiger charge is -2.33. The number of carbonyl (C=O) groups is 1. The number of rotatable bonds is 4. The number of carbonyl (C=O) groups excluding carboxylic acids is 1. The summed E-state index contributed by atoms with van der Waals surface area (Å²) in [5.74, 6) is 0.234. The molecule has 1 saturated carbocycles. The molecular formula is C16H24N2O3S2. The Balaban J connectivity index is 1.61. The molecule has 1 saturated heterocycles. The summed E-state index contributed by atoms with van der Waals surface area (Å²) in [6, 6.07) is 3.33. The SMILES string of the molecule is O=C(N[C@H]1CCCN(S(=O)(=O)c2cccs2)C1)C1CCCCC1. The monoisotopic (exact) mass is 356 g/mol. The molecule has 0 unspecified atom stereocenters. The zero-order valence-corrected chi connectivity index (χ0v) is 14.9. The minimum atomic E-state index is -3.41. The molecular weight excluding hydrogens is 332 g/mol. The number of nitrogens with one attached hydrogen (secondary N) is 1. The van der Waals surface area contributed by atoms with Crippen molar-refractivity contribution in [2.45, 2.75) is 55.2 Å². The lowest BCUT2D eigenvalue weighted by molar-refractivity contribution is -0.126. The Morgan fingerprint density at radius 1 is 1.17 bits per heavy atom. The molecule has 2 aliphatic rings. The molecule has 0 aromatic carbocycles. The lowest BCUT2D eigenvalue weighted by atomic mass is 9.88. The normalized spacial score (nSPS) is 24.4. The second kappa shape index (κ2) is 7.32. The Kier molecular flexibility index (Phi) is 5.38. The minimum absolute atomic E-state index is 0.0621. The van der Waals surface area contributed by atoms with Gasteiger partial charge in [-0.25, -0.2) is 8.42 Å². The first-order valence-electron chi connectivity index (χ1n) is 8.41. The van der Waals surface area contributed by atoms with Crippen LogP contribution in [-0.4, -0.2) is 37.8 Å². The highest BCUT2D eigenvalue weighted by atomic mass is 32.2. The number of thiophene rings is 1. The van der Waals surface area contributed by atoms with Crippen LogP contribution in [0.15, 0.2) is 21.7 Å². The molecule has 0 spiro atoms. The largest absolute Gasteiger partial charge is 0.352 e. The van der Waals surface area contributed by atoms with Gasteiger partial charge >= 0.3 is 0 Å². The molecule has 7 heteroatoms. The van der Waals surface area contributed by atoms with Crippen molar-refractivity contribution in [1.82, 2.24) is 9.62 Å². The maximum Gasteiger partial charge on any atom is 0.252 e. The van der Waals surface area contributed by atoms with E-state index in [0.29, 0.717) is 17.3 Å². The first-order valence-corrected chi connectivity index (χ1v) is 10.7. The summed E-state index contributed by atoms with van der Waals surface area (Å²) in [5, 5.41) is 4.87. The van der Waals surface area contributed by atoms with E-state index in [0.717, 1.165) is 38.5 Å². The number of nitrogens with zero attached hydrogens (tertiary/aromatic N) is 1. The van der Waals surface area contributed by atoms with E-state index >= 15 is 0 Å². The van der Waals surface area contributed by atoms with Gasteiger partial charge in [-0.3, -0.25) is 4.79 Å². The number of hydrogen-bond acceptors (Lipinski definition) is 4. The van der Waals surface area contributed by atoms with E-state index < -0.39 is 10.0 Å². The van der Waals surface area contributed by atoms with Gasteiger partial charge in [-0.2, -0.15) is 4.31 Å². The molecule has 1 aromatic rings. The van der Waals surface area contributed by atoms with Crippen LogP contribution in [0.4, 0.5) is 0 Å². The Morgan fingerprint density at radius 3 is 2.65 bits per heavy atom. The zero-order chi connectivity index (χ0) is 16.3. The van der Waals surface area contributed by atoms with Crippen LogP contribution in [0.25, 0.3) is 0 Å². The molecule has 2 fully saturated rings. The summed E-state index contributed by atoms with van der Waals surface area (Å²) in [6.45, 7) is 0.925. The van der Waals surface area contributed by atoms with Crippen LogP contribution in [0.3, 0.4) is 0 Å². The van der Waals surface area contributed by atoms with Crippen molar-refractivity contribution in [3.05, 3.63) is 17.5 Å². The highest BCUT2D eigenvalue weighted by molar-refractivity contribution is 7.91. The van der Waals surface area contributed by atoms with E-state index in [1.54, 1.807) is 17.5 Å². The molecule has 1 N–H and O–H groups in total. The second-order valence-electron chi connectivity index (χ2n) is 6.48. The van der Waals surface area contributed by atoms with Gasteiger partial charge in [0.05, 0.1) is 0 Å². The number of sulfonamides is 1. The van der Waals surface area contributed by atoms with E-state index in [1.807, 2.05) is 0 Å². The Labute approximate surface area is 142 Å². The van der Waals surface area contributed by atoms with Gasteiger partial charge in [-0.1, -0.05) is 25.3 Å². The molecule has 5 nitrogen and oxygen atoms in total. The first-order chi connectivity index (χ1) is 11.1. The maximum absolute atomic E-state index is 12.6. The third kappa shape index (κ3) is 3.95. The Hall–Kier alpha value is -0.920. The van der Waals surface area contributed by atoms with Gasteiger partial charge in [0.2, 0.25) is 5.91 Å². The fourth-order valence-electron chi connectivity index (χ4n) is 3.50. The molecule has 1 atom stereocenters. The van der Waals surface area contributed by atoms with E-state index in [2.05, 4.69) is 5.32 Å². The molecule has 1 aromatic heterocycles. The van der Waals surface area contributed by atoms with Crippen LogP contribution >= 0.6 is 11.3 Å². The number of piperidine rings is 1. The fourth-order valence-corrected chi connectivity index (χ4v) is 6.17. The average molecular weight is 357 g/mol. The van der Waals surface area contributed by atoms with Gasteiger partial charge in [0.25, 0.3) is 10.0 Å². The topological polar surface area (TPSA) is 66.5 Å². The van der Waals surface area contributed by atoms with Crippen molar-refractivity contribution in [2.75, 3.05) is 13.1 Å². The van der Waals surface area contributed by atoms with Crippen LogP contribution in [0, 0.1) is 5.92 Å². The summed E-state index contributed by atoms with van der Waals surface area (Å²) in [7, 11) is -3.41. The standard InChI is InChI=1S/C16H24N2O3S2/c19-16(13-6-2-1-3-7-13)17-14-8-4-10-18(12-14)23(20,21)15-9-5-11-22-15/h5,9,11,13-14H,1-4,6-8,10,12H2,(H,17,19)/t14-/m0/s1. The summed E-state index contributed by atoms with van der Waals surface area (Å²) < 4.78 is 27.1. The molecule has 23 heavy (non-hydrogen) atoms. The summed E-state index contributed by atoms with van der Waals surface area (Å²) in [4.78, 5) is 12.4. The third-order valence-electron chi connectivity index (χ3n) is 4.80. The molecule has 3 rings (SSSR count). The van der Waals surface area contributed by atoms with Gasteiger partial charge in [0.1, 0.15) is 4.21 Å². The molecule has 1 amide bonds. The number of hydrogen-bond donors (Lipinski definition) is 1. The van der Waals surface area contributed by atoms with Crippen molar-refractivity contribution in [2.24, 2.45) is 5.92 Å². The third-order valence-corrected chi connectivity index (χ3v) is 8.03. The predicted molar refractivity (Wildman–Crippen MR) is 90.8 cm³/mol. The first kappa shape index (κ1) is 16.9. The van der Waals surface area contributed by atoms with E-state index in [1.165, 1.54) is 22.1 Å². The van der Waals surface area contributed by atoms with Crippen LogP contribution in [0.5, 0.6) is 0 Å².